The molecule has 0 saturated heterocycles. The lowest BCUT2D eigenvalue weighted by Crippen LogP contribution is -2.45. The molecule has 1 amide bonds. The second kappa shape index (κ2) is 38.7. The molecule has 3 atom stereocenters. The SMILES string of the molecule is CCCCC/C=C\CCCCCCCC(=O)NC(COP(=O)(O)OCCN)C(O)/C=C/CCCCCCCCCCCCCCCCCCCC. The quantitative estimate of drug-likeness (QED) is 0.0279. The highest BCUT2D eigenvalue weighted by Gasteiger charge is 2.26. The molecule has 0 heterocycles. The first kappa shape index (κ1) is 50.0. The minimum atomic E-state index is -4.34. The number of amides is 1. The molecule has 0 aromatic heterocycles. The lowest BCUT2D eigenvalue weighted by molar-refractivity contribution is -0.123. The number of nitrogens with two attached hydrogens (primary N) is 1. The molecule has 0 aliphatic heterocycles. The molecule has 0 radical (unpaired) electrons. The van der Waals surface area contributed by atoms with E-state index in [2.05, 4.69) is 31.3 Å². The molecule has 0 aromatic carbocycles. The summed E-state index contributed by atoms with van der Waals surface area (Å²) >= 11 is 0. The number of aliphatic hydroxyl groups is 1. The molecule has 0 bridgehead atoms. The van der Waals surface area contributed by atoms with Crippen molar-refractivity contribution in [3.63, 3.8) is 0 Å². The number of phosphoric acid groups is 1. The first-order valence-electron chi connectivity index (χ1n) is 21.5. The lowest BCUT2D eigenvalue weighted by atomic mass is 10.0. The molecule has 9 heteroatoms. The average molecular weight is 743 g/mol. The summed E-state index contributed by atoms with van der Waals surface area (Å²) in [6, 6.07) is -0.861. The van der Waals surface area contributed by atoms with E-state index in [9.17, 15) is 19.4 Å². The van der Waals surface area contributed by atoms with Gasteiger partial charge in [0.1, 0.15) is 0 Å². The maximum absolute atomic E-state index is 12.7. The molecule has 302 valence electrons. The van der Waals surface area contributed by atoms with E-state index in [0.29, 0.717) is 6.42 Å². The average Bonchev–Trinajstić information content (AvgIpc) is 3.12. The molecule has 0 fully saturated rings. The fourth-order valence-electron chi connectivity index (χ4n) is 6.24. The van der Waals surface area contributed by atoms with E-state index in [0.717, 1.165) is 51.4 Å². The Labute approximate surface area is 315 Å². The Hall–Kier alpha value is -1.02. The van der Waals surface area contributed by atoms with Crippen molar-refractivity contribution >= 4 is 13.7 Å². The molecule has 0 saturated carbocycles. The third-order valence-corrected chi connectivity index (χ3v) is 10.5. The number of allylic oxidation sites excluding steroid dienone is 3. The van der Waals surface area contributed by atoms with Crippen LogP contribution >= 0.6 is 7.82 Å². The second-order valence-electron chi connectivity index (χ2n) is 14.6. The number of phosphoric ester groups is 1. The largest absolute Gasteiger partial charge is 0.472 e. The molecule has 51 heavy (non-hydrogen) atoms. The van der Waals surface area contributed by atoms with Gasteiger partial charge in [0.2, 0.25) is 5.91 Å². The Bertz CT molecular complexity index is 855. The number of unbranched alkanes of at least 4 members (excludes halogenated alkanes) is 26. The van der Waals surface area contributed by atoms with E-state index in [1.165, 1.54) is 135 Å². The van der Waals surface area contributed by atoms with Crippen LogP contribution in [0, 0.1) is 0 Å². The summed E-state index contributed by atoms with van der Waals surface area (Å²) in [5, 5.41) is 13.6. The van der Waals surface area contributed by atoms with Crippen molar-refractivity contribution in [2.45, 2.75) is 219 Å². The maximum atomic E-state index is 12.7. The van der Waals surface area contributed by atoms with Gasteiger partial charge in [0, 0.05) is 13.0 Å². The van der Waals surface area contributed by atoms with Crippen molar-refractivity contribution in [1.29, 1.82) is 0 Å². The minimum Gasteiger partial charge on any atom is -0.387 e. The summed E-state index contributed by atoms with van der Waals surface area (Å²) in [7, 11) is -4.34. The van der Waals surface area contributed by atoms with Gasteiger partial charge in [-0.05, 0) is 44.9 Å². The Morgan fingerprint density at radius 3 is 1.49 bits per heavy atom. The monoisotopic (exact) mass is 743 g/mol. The zero-order chi connectivity index (χ0) is 37.5. The van der Waals surface area contributed by atoms with Crippen molar-refractivity contribution in [3.05, 3.63) is 24.3 Å². The van der Waals surface area contributed by atoms with E-state index in [1.54, 1.807) is 6.08 Å². The number of hydrogen-bond acceptors (Lipinski definition) is 6. The van der Waals surface area contributed by atoms with Gasteiger partial charge in [0.25, 0.3) is 0 Å². The number of hydrogen-bond donors (Lipinski definition) is 4. The van der Waals surface area contributed by atoms with E-state index < -0.39 is 20.0 Å². The summed E-state index contributed by atoms with van der Waals surface area (Å²) in [5.74, 6) is -0.204. The Morgan fingerprint density at radius 2 is 1.02 bits per heavy atom. The summed E-state index contributed by atoms with van der Waals surface area (Å²) < 4.78 is 22.1. The molecule has 3 unspecified atom stereocenters. The second-order valence-corrected chi connectivity index (χ2v) is 16.0. The molecule has 0 aliphatic carbocycles. The number of aliphatic hydroxyl groups excluding tert-OH is 1. The molecule has 0 spiro atoms. The summed E-state index contributed by atoms with van der Waals surface area (Å²) in [5.41, 5.74) is 5.37. The van der Waals surface area contributed by atoms with Crippen LogP contribution in [-0.2, 0) is 18.4 Å². The predicted molar refractivity (Wildman–Crippen MR) is 217 cm³/mol. The molecule has 0 aliphatic rings. The van der Waals surface area contributed by atoms with Gasteiger partial charge >= 0.3 is 7.82 Å². The van der Waals surface area contributed by atoms with Gasteiger partial charge in [0.15, 0.2) is 0 Å². The van der Waals surface area contributed by atoms with E-state index in [-0.39, 0.29) is 25.7 Å². The van der Waals surface area contributed by atoms with Crippen molar-refractivity contribution in [1.82, 2.24) is 5.32 Å². The van der Waals surface area contributed by atoms with Gasteiger partial charge in [-0.25, -0.2) is 4.57 Å². The highest BCUT2D eigenvalue weighted by Crippen LogP contribution is 2.43. The van der Waals surface area contributed by atoms with Crippen molar-refractivity contribution in [3.8, 4) is 0 Å². The normalized spacial score (nSPS) is 14.4. The summed E-state index contributed by atoms with van der Waals surface area (Å²) in [4.78, 5) is 22.6. The molecular weight excluding hydrogens is 659 g/mol. The first-order valence-corrected chi connectivity index (χ1v) is 23.0. The topological polar surface area (TPSA) is 131 Å². The van der Waals surface area contributed by atoms with Gasteiger partial charge in [-0.2, -0.15) is 0 Å². The molecule has 0 aromatic rings. The van der Waals surface area contributed by atoms with Crippen LogP contribution in [0.25, 0.3) is 0 Å². The predicted octanol–water partition coefficient (Wildman–Crippen LogP) is 11.8. The third-order valence-electron chi connectivity index (χ3n) is 9.52. The van der Waals surface area contributed by atoms with Gasteiger partial charge in [0.05, 0.1) is 25.4 Å². The zero-order valence-corrected chi connectivity index (χ0v) is 34.2. The Balaban J connectivity index is 4.18. The van der Waals surface area contributed by atoms with Crippen LogP contribution in [-0.4, -0.2) is 47.8 Å². The molecule has 8 nitrogen and oxygen atoms in total. The fourth-order valence-corrected chi connectivity index (χ4v) is 7.00. The van der Waals surface area contributed by atoms with Crippen molar-refractivity contribution < 1.29 is 28.4 Å². The van der Waals surface area contributed by atoms with Crippen LogP contribution in [0.15, 0.2) is 24.3 Å². The maximum Gasteiger partial charge on any atom is 0.472 e. The van der Waals surface area contributed by atoms with Crippen LogP contribution in [0.3, 0.4) is 0 Å². The Kier molecular flexibility index (Phi) is 37.9. The van der Waals surface area contributed by atoms with Gasteiger partial charge < -0.3 is 21.1 Å². The van der Waals surface area contributed by atoms with Crippen LogP contribution in [0.5, 0.6) is 0 Å². The number of carbonyl (C=O) groups is 1. The van der Waals surface area contributed by atoms with Crippen molar-refractivity contribution in [2.75, 3.05) is 19.8 Å². The zero-order valence-electron chi connectivity index (χ0n) is 33.4. The van der Waals surface area contributed by atoms with E-state index in [1.807, 2.05) is 6.08 Å². The van der Waals surface area contributed by atoms with Crippen LogP contribution in [0.2, 0.25) is 0 Å². The van der Waals surface area contributed by atoms with E-state index >= 15 is 0 Å². The fraction of sp³-hybridized carbons (Fsp3) is 0.881. The minimum absolute atomic E-state index is 0.0780. The van der Waals surface area contributed by atoms with Crippen molar-refractivity contribution in [2.24, 2.45) is 5.73 Å². The standard InChI is InChI=1S/C42H83N2O6P/c1-3-5-7-9-11-13-15-17-18-19-20-21-22-23-24-25-27-29-31-33-35-41(45)40(39-50-51(47,48)49-38-37-43)44-42(46)36-34-32-30-28-26-16-14-12-10-8-6-4-2/h12,14,33,35,40-41,45H,3-11,13,15-32,34,36-39,43H2,1-2H3,(H,44,46)(H,47,48)/b14-12-,35-33+. The highest BCUT2D eigenvalue weighted by atomic mass is 31.2. The smallest absolute Gasteiger partial charge is 0.387 e. The van der Waals surface area contributed by atoms with Gasteiger partial charge in [-0.15, -0.1) is 0 Å². The lowest BCUT2D eigenvalue weighted by Gasteiger charge is -2.23. The van der Waals surface area contributed by atoms with Gasteiger partial charge in [-0.3, -0.25) is 13.8 Å². The molecule has 5 N–H and O–H groups in total. The third kappa shape index (κ3) is 37.1. The van der Waals surface area contributed by atoms with E-state index in [4.69, 9.17) is 14.8 Å². The number of carbonyl (C=O) groups excluding carboxylic acids is 1. The van der Waals surface area contributed by atoms with Crippen LogP contribution < -0.4 is 11.1 Å². The van der Waals surface area contributed by atoms with Gasteiger partial charge in [-0.1, -0.05) is 179 Å². The number of nitrogens with one attached hydrogen (secondary N) is 1. The summed E-state index contributed by atoms with van der Waals surface area (Å²) in [6.45, 7) is 4.11. The number of rotatable bonds is 40. The van der Waals surface area contributed by atoms with Crippen LogP contribution in [0.4, 0.5) is 0 Å². The highest BCUT2D eigenvalue weighted by molar-refractivity contribution is 7.47. The summed E-state index contributed by atoms with van der Waals surface area (Å²) in [6.07, 6.45) is 43.7. The molecular formula is C42H83N2O6P. The molecule has 0 rings (SSSR count). The first-order chi connectivity index (χ1) is 24.9. The Morgan fingerprint density at radius 1 is 0.627 bits per heavy atom. The van der Waals surface area contributed by atoms with Crippen LogP contribution in [0.1, 0.15) is 206 Å².